The minimum atomic E-state index is 0.977. The van der Waals surface area contributed by atoms with Crippen LogP contribution in [-0.2, 0) is 0 Å². The second-order valence-electron chi connectivity index (χ2n) is 4.18. The molecule has 96 valence electrons. The molecule has 3 rings (SSSR count). The quantitative estimate of drug-likeness (QED) is 0.625. The number of rotatable bonds is 2. The molecule has 0 aliphatic rings. The minimum absolute atomic E-state index is 0.977. The van der Waals surface area contributed by atoms with Gasteiger partial charge in [-0.2, -0.15) is 0 Å². The average molecular weight is 351 g/mol. The Morgan fingerprint density at radius 1 is 1.05 bits per heavy atom. The number of nitrogens with zero attached hydrogens (tertiary/aromatic N) is 2. The van der Waals surface area contributed by atoms with E-state index in [4.69, 9.17) is 4.98 Å². The smallest absolute Gasteiger partial charge is 0.124 e. The Bertz CT molecular complexity index is 713. The first-order chi connectivity index (χ1) is 9.13. The van der Waals surface area contributed by atoms with Crippen molar-refractivity contribution >= 4 is 38.6 Å². The van der Waals surface area contributed by atoms with Gasteiger partial charge in [-0.15, -0.1) is 22.7 Å². The molecule has 0 N–H and O–H groups in total. The molecule has 0 atom stereocenters. The third-order valence-electron chi connectivity index (χ3n) is 2.74. The van der Waals surface area contributed by atoms with Crippen molar-refractivity contribution in [3.63, 3.8) is 0 Å². The largest absolute Gasteiger partial charge is 0.240 e. The summed E-state index contributed by atoms with van der Waals surface area (Å²) in [5.74, 6) is 0. The van der Waals surface area contributed by atoms with Gasteiger partial charge in [0, 0.05) is 20.3 Å². The van der Waals surface area contributed by atoms with Gasteiger partial charge in [-0.3, -0.25) is 0 Å². The Morgan fingerprint density at radius 2 is 1.79 bits per heavy atom. The lowest BCUT2D eigenvalue weighted by molar-refractivity contribution is 1.25. The predicted molar refractivity (Wildman–Crippen MR) is 85.8 cm³/mol. The van der Waals surface area contributed by atoms with Crippen molar-refractivity contribution in [3.05, 3.63) is 44.0 Å². The monoisotopic (exact) mass is 350 g/mol. The van der Waals surface area contributed by atoms with Gasteiger partial charge in [0.25, 0.3) is 0 Å². The van der Waals surface area contributed by atoms with E-state index in [-0.39, 0.29) is 0 Å². The predicted octanol–water partition coefficient (Wildman–Crippen LogP) is 5.31. The van der Waals surface area contributed by atoms with E-state index in [1.807, 2.05) is 19.1 Å². The summed E-state index contributed by atoms with van der Waals surface area (Å²) in [5.41, 5.74) is 3.14. The highest BCUT2D eigenvalue weighted by atomic mass is 79.9. The lowest BCUT2D eigenvalue weighted by Gasteiger charge is -1.96. The van der Waals surface area contributed by atoms with Crippen molar-refractivity contribution in [2.75, 3.05) is 0 Å². The van der Waals surface area contributed by atoms with Crippen LogP contribution in [0.2, 0.25) is 0 Å². The lowest BCUT2D eigenvalue weighted by Crippen LogP contribution is -1.82. The molecule has 0 aliphatic heterocycles. The number of benzene rings is 1. The molecule has 0 unspecified atom stereocenters. The van der Waals surface area contributed by atoms with Crippen LogP contribution < -0.4 is 0 Å². The molecule has 0 aliphatic carbocycles. The number of halogens is 1. The summed E-state index contributed by atoms with van der Waals surface area (Å²) in [6.07, 6.45) is 0. The second-order valence-corrected chi connectivity index (χ2v) is 7.36. The Hall–Kier alpha value is -1.04. The maximum atomic E-state index is 4.70. The van der Waals surface area contributed by atoms with Crippen molar-refractivity contribution in [3.8, 4) is 22.0 Å². The van der Waals surface area contributed by atoms with E-state index in [0.29, 0.717) is 0 Å². The summed E-state index contributed by atoms with van der Waals surface area (Å²) in [6.45, 7) is 4.13. The molecule has 0 saturated carbocycles. The fourth-order valence-electron chi connectivity index (χ4n) is 1.87. The first-order valence-corrected chi connectivity index (χ1v) is 8.28. The normalized spacial score (nSPS) is 10.9. The van der Waals surface area contributed by atoms with Crippen LogP contribution in [-0.4, -0.2) is 9.97 Å². The Balaban J connectivity index is 1.99. The fourth-order valence-corrected chi connectivity index (χ4v) is 3.78. The first kappa shape index (κ1) is 13.0. The topological polar surface area (TPSA) is 25.8 Å². The fraction of sp³-hybridized carbons (Fsp3) is 0.143. The van der Waals surface area contributed by atoms with E-state index < -0.39 is 0 Å². The molecule has 2 nitrogen and oxygen atoms in total. The Labute approximate surface area is 128 Å². The van der Waals surface area contributed by atoms with Crippen LogP contribution in [0.15, 0.2) is 34.1 Å². The summed E-state index contributed by atoms with van der Waals surface area (Å²) in [6, 6.07) is 8.22. The summed E-state index contributed by atoms with van der Waals surface area (Å²) in [5, 5.41) is 4.21. The number of hydrogen-bond acceptors (Lipinski definition) is 4. The van der Waals surface area contributed by atoms with Gasteiger partial charge in [-0.1, -0.05) is 28.1 Å². The van der Waals surface area contributed by atoms with Gasteiger partial charge < -0.3 is 0 Å². The van der Waals surface area contributed by atoms with E-state index >= 15 is 0 Å². The standard InChI is InChI=1S/C14H11BrN2S2/c1-8-13(16-9(2)19-8)12-7-18-14(17-12)10-3-5-11(15)6-4-10/h3-7H,1-2H3. The van der Waals surface area contributed by atoms with Gasteiger partial charge in [-0.05, 0) is 26.0 Å². The maximum Gasteiger partial charge on any atom is 0.124 e. The average Bonchev–Trinajstić information content (AvgIpc) is 2.97. The van der Waals surface area contributed by atoms with Crippen LogP contribution in [0.5, 0.6) is 0 Å². The molecule has 2 heterocycles. The molecule has 0 saturated heterocycles. The van der Waals surface area contributed by atoms with Crippen LogP contribution in [0.25, 0.3) is 22.0 Å². The van der Waals surface area contributed by atoms with Gasteiger partial charge >= 0.3 is 0 Å². The van der Waals surface area contributed by atoms with Gasteiger partial charge in [0.05, 0.1) is 5.01 Å². The minimum Gasteiger partial charge on any atom is -0.240 e. The van der Waals surface area contributed by atoms with Crippen molar-refractivity contribution in [2.24, 2.45) is 0 Å². The van der Waals surface area contributed by atoms with E-state index in [1.165, 1.54) is 4.88 Å². The molecule has 0 radical (unpaired) electrons. The van der Waals surface area contributed by atoms with Crippen LogP contribution in [0.4, 0.5) is 0 Å². The van der Waals surface area contributed by atoms with Crippen LogP contribution >= 0.6 is 38.6 Å². The van der Waals surface area contributed by atoms with Gasteiger partial charge in [0.2, 0.25) is 0 Å². The zero-order valence-electron chi connectivity index (χ0n) is 10.5. The number of hydrogen-bond donors (Lipinski definition) is 0. The lowest BCUT2D eigenvalue weighted by atomic mass is 10.2. The van der Waals surface area contributed by atoms with E-state index in [9.17, 15) is 0 Å². The summed E-state index contributed by atoms with van der Waals surface area (Å²) in [7, 11) is 0. The number of aromatic nitrogens is 2. The summed E-state index contributed by atoms with van der Waals surface area (Å²) >= 11 is 6.82. The van der Waals surface area contributed by atoms with Crippen LogP contribution in [0.3, 0.4) is 0 Å². The molecule has 0 spiro atoms. The molecule has 1 aromatic carbocycles. The Morgan fingerprint density at radius 3 is 2.42 bits per heavy atom. The van der Waals surface area contributed by atoms with E-state index in [0.717, 1.165) is 31.4 Å². The van der Waals surface area contributed by atoms with Crippen molar-refractivity contribution < 1.29 is 0 Å². The molecule has 0 fully saturated rings. The number of thiazole rings is 2. The molecule has 5 heteroatoms. The summed E-state index contributed by atoms with van der Waals surface area (Å²) in [4.78, 5) is 10.5. The SMILES string of the molecule is Cc1nc(-c2csc(-c3ccc(Br)cc3)n2)c(C)s1. The molecule has 19 heavy (non-hydrogen) atoms. The van der Waals surface area contributed by atoms with Crippen LogP contribution in [0.1, 0.15) is 9.88 Å². The van der Waals surface area contributed by atoms with Gasteiger partial charge in [-0.25, -0.2) is 9.97 Å². The van der Waals surface area contributed by atoms with Crippen LogP contribution in [0, 0.1) is 13.8 Å². The third kappa shape index (κ3) is 2.63. The van der Waals surface area contributed by atoms with E-state index in [1.54, 1.807) is 22.7 Å². The van der Waals surface area contributed by atoms with Gasteiger partial charge in [0.15, 0.2) is 0 Å². The highest BCUT2D eigenvalue weighted by Gasteiger charge is 2.12. The highest BCUT2D eigenvalue weighted by Crippen LogP contribution is 2.32. The highest BCUT2D eigenvalue weighted by molar-refractivity contribution is 9.10. The van der Waals surface area contributed by atoms with E-state index in [2.05, 4.69) is 45.4 Å². The molecule has 3 aromatic rings. The summed E-state index contributed by atoms with van der Waals surface area (Å²) < 4.78 is 1.08. The molecular formula is C14H11BrN2S2. The second kappa shape index (κ2) is 5.15. The molecule has 0 bridgehead atoms. The van der Waals surface area contributed by atoms with Crippen molar-refractivity contribution in [1.29, 1.82) is 0 Å². The first-order valence-electron chi connectivity index (χ1n) is 5.79. The third-order valence-corrected chi connectivity index (χ3v) is 5.05. The Kier molecular flexibility index (Phi) is 3.52. The zero-order chi connectivity index (χ0) is 13.4. The van der Waals surface area contributed by atoms with Crippen molar-refractivity contribution in [2.45, 2.75) is 13.8 Å². The maximum absolute atomic E-state index is 4.70. The van der Waals surface area contributed by atoms with Crippen molar-refractivity contribution in [1.82, 2.24) is 9.97 Å². The molecule has 2 aromatic heterocycles. The molecule has 0 amide bonds. The van der Waals surface area contributed by atoms with Gasteiger partial charge in [0.1, 0.15) is 16.4 Å². The number of aryl methyl sites for hydroxylation is 2. The zero-order valence-corrected chi connectivity index (χ0v) is 13.7. The molecular weight excluding hydrogens is 340 g/mol.